The van der Waals surface area contributed by atoms with E-state index in [2.05, 4.69) is 4.18 Å². The van der Waals surface area contributed by atoms with Gasteiger partial charge < -0.3 is 4.74 Å². The van der Waals surface area contributed by atoms with Crippen molar-refractivity contribution in [3.8, 4) is 0 Å². The molecule has 84 valence electrons. The molecule has 0 spiro atoms. The lowest BCUT2D eigenvalue weighted by atomic mass is 10.4. The Hall–Kier alpha value is -0.330. The van der Waals surface area contributed by atoms with Crippen LogP contribution in [0, 0.1) is 0 Å². The molecule has 0 bridgehead atoms. The summed E-state index contributed by atoms with van der Waals surface area (Å²) in [5, 5.41) is -0.688. The minimum absolute atomic E-state index is 0.313. The quantitative estimate of drug-likeness (QED) is 0.408. The number of hydrogen-bond acceptors (Lipinski definition) is 5. The van der Waals surface area contributed by atoms with Gasteiger partial charge in [0.15, 0.2) is 6.10 Å². The summed E-state index contributed by atoms with van der Waals surface area (Å²) in [6.45, 7) is 4.59. The molecule has 5 nitrogen and oxygen atoms in total. The van der Waals surface area contributed by atoms with Crippen LogP contribution >= 0.6 is 11.6 Å². The van der Waals surface area contributed by atoms with Crippen LogP contribution in [0.2, 0.25) is 0 Å². The van der Waals surface area contributed by atoms with Gasteiger partial charge in [-0.3, -0.25) is 4.18 Å². The Bertz CT molecular complexity index is 284. The first-order chi connectivity index (χ1) is 6.28. The predicted octanol–water partition coefficient (Wildman–Crippen LogP) is 0.869. The molecular formula is C7H13ClO5S. The standard InChI is InChI=1S/C7H13ClO5S/c1-5(2)12-7(9)6(3)13-14(10,11)4-8/h5-6H,4H2,1-3H3/t6-/m1/s1. The Kier molecular flexibility index (Phi) is 5.40. The normalized spacial score (nSPS) is 14.1. The van der Waals surface area contributed by atoms with Gasteiger partial charge in [-0.2, -0.15) is 8.42 Å². The Morgan fingerprint density at radius 2 is 1.86 bits per heavy atom. The second-order valence-electron chi connectivity index (χ2n) is 2.89. The number of carbonyl (C=O) groups excluding carboxylic acids is 1. The molecule has 0 aliphatic heterocycles. The molecule has 1 atom stereocenters. The molecule has 0 rings (SSSR count). The van der Waals surface area contributed by atoms with Crippen LogP contribution < -0.4 is 0 Å². The van der Waals surface area contributed by atoms with Crippen LogP contribution in [0.1, 0.15) is 20.8 Å². The van der Waals surface area contributed by atoms with E-state index in [0.29, 0.717) is 0 Å². The average Bonchev–Trinajstić information content (AvgIpc) is 2.02. The molecule has 0 amide bonds. The maximum Gasteiger partial charge on any atom is 0.336 e. The van der Waals surface area contributed by atoms with Crippen LogP contribution in [0.4, 0.5) is 0 Å². The molecule has 0 aromatic carbocycles. The van der Waals surface area contributed by atoms with E-state index >= 15 is 0 Å². The van der Waals surface area contributed by atoms with Gasteiger partial charge in [0.1, 0.15) is 5.21 Å². The molecule has 0 unspecified atom stereocenters. The molecule has 7 heteroatoms. The lowest BCUT2D eigenvalue weighted by molar-refractivity contribution is -0.154. The van der Waals surface area contributed by atoms with E-state index in [-0.39, 0.29) is 6.10 Å². The Morgan fingerprint density at radius 3 is 2.21 bits per heavy atom. The minimum atomic E-state index is -3.83. The van der Waals surface area contributed by atoms with Gasteiger partial charge in [-0.05, 0) is 20.8 Å². The molecule has 0 saturated carbocycles. The zero-order chi connectivity index (χ0) is 11.4. The van der Waals surface area contributed by atoms with Crippen LogP contribution in [0.5, 0.6) is 0 Å². The Labute approximate surface area is 88.5 Å². The summed E-state index contributed by atoms with van der Waals surface area (Å²) in [5.41, 5.74) is 0. The van der Waals surface area contributed by atoms with Crippen LogP contribution in [0.25, 0.3) is 0 Å². The molecule has 0 aliphatic carbocycles. The van der Waals surface area contributed by atoms with Crippen LogP contribution in [0.15, 0.2) is 0 Å². The zero-order valence-corrected chi connectivity index (χ0v) is 9.76. The van der Waals surface area contributed by atoms with Crippen molar-refractivity contribution in [1.82, 2.24) is 0 Å². The fraction of sp³-hybridized carbons (Fsp3) is 0.857. The number of hydrogen-bond donors (Lipinski definition) is 0. The molecule has 0 radical (unpaired) electrons. The smallest absolute Gasteiger partial charge is 0.336 e. The van der Waals surface area contributed by atoms with Crippen molar-refractivity contribution in [2.75, 3.05) is 5.21 Å². The van der Waals surface area contributed by atoms with Crippen LogP contribution in [0.3, 0.4) is 0 Å². The van der Waals surface area contributed by atoms with Crippen molar-refractivity contribution in [2.45, 2.75) is 33.0 Å². The molecule has 0 N–H and O–H groups in total. The maximum absolute atomic E-state index is 11.1. The highest BCUT2D eigenvalue weighted by atomic mass is 35.5. The summed E-state index contributed by atoms with van der Waals surface area (Å²) in [6.07, 6.45) is -1.48. The fourth-order valence-electron chi connectivity index (χ4n) is 0.613. The van der Waals surface area contributed by atoms with Gasteiger partial charge in [0, 0.05) is 0 Å². The van der Waals surface area contributed by atoms with E-state index in [0.717, 1.165) is 0 Å². The number of rotatable bonds is 5. The minimum Gasteiger partial charge on any atom is -0.461 e. The van der Waals surface area contributed by atoms with Crippen molar-refractivity contribution < 1.29 is 22.1 Å². The largest absolute Gasteiger partial charge is 0.461 e. The lowest BCUT2D eigenvalue weighted by Gasteiger charge is -2.13. The highest BCUT2D eigenvalue weighted by Crippen LogP contribution is 2.05. The fourth-order valence-corrected chi connectivity index (χ4v) is 1.34. The number of alkyl halides is 1. The van der Waals surface area contributed by atoms with Gasteiger partial charge in [-0.1, -0.05) is 0 Å². The SMILES string of the molecule is CC(C)OC(=O)[C@@H](C)OS(=O)(=O)CCl. The van der Waals surface area contributed by atoms with Crippen molar-refractivity contribution in [2.24, 2.45) is 0 Å². The third kappa shape index (κ3) is 5.41. The third-order valence-corrected chi connectivity index (χ3v) is 2.76. The van der Waals surface area contributed by atoms with Crippen molar-refractivity contribution in [3.63, 3.8) is 0 Å². The average molecular weight is 245 g/mol. The summed E-state index contributed by atoms with van der Waals surface area (Å²) >= 11 is 5.08. The highest BCUT2D eigenvalue weighted by molar-refractivity contribution is 7.87. The summed E-state index contributed by atoms with van der Waals surface area (Å²) < 4.78 is 30.8. The zero-order valence-electron chi connectivity index (χ0n) is 8.19. The second-order valence-corrected chi connectivity index (χ2v) is 5.07. The monoisotopic (exact) mass is 244 g/mol. The molecule has 14 heavy (non-hydrogen) atoms. The summed E-state index contributed by atoms with van der Waals surface area (Å²) in [4.78, 5) is 11.1. The molecule has 0 aromatic heterocycles. The molecule has 0 aromatic rings. The Morgan fingerprint density at radius 1 is 1.36 bits per heavy atom. The van der Waals surface area contributed by atoms with E-state index in [9.17, 15) is 13.2 Å². The molecule has 0 saturated heterocycles. The van der Waals surface area contributed by atoms with Crippen LogP contribution in [-0.4, -0.2) is 31.8 Å². The van der Waals surface area contributed by atoms with E-state index in [4.69, 9.17) is 16.3 Å². The number of halogens is 1. The summed E-state index contributed by atoms with van der Waals surface area (Å²) in [5.74, 6) is -0.728. The van der Waals surface area contributed by atoms with Crippen molar-refractivity contribution in [1.29, 1.82) is 0 Å². The predicted molar refractivity (Wildman–Crippen MR) is 51.4 cm³/mol. The first-order valence-electron chi connectivity index (χ1n) is 3.96. The van der Waals surface area contributed by atoms with E-state index in [1.54, 1.807) is 13.8 Å². The maximum atomic E-state index is 11.1. The second kappa shape index (κ2) is 5.53. The molecule has 0 fully saturated rings. The van der Waals surface area contributed by atoms with Crippen molar-refractivity contribution >= 4 is 27.7 Å². The van der Waals surface area contributed by atoms with Gasteiger partial charge in [-0.25, -0.2) is 4.79 Å². The van der Waals surface area contributed by atoms with Gasteiger partial charge >= 0.3 is 5.97 Å². The number of carbonyl (C=O) groups is 1. The number of ether oxygens (including phenoxy) is 1. The van der Waals surface area contributed by atoms with Crippen molar-refractivity contribution in [3.05, 3.63) is 0 Å². The molecular weight excluding hydrogens is 232 g/mol. The van der Waals surface area contributed by atoms with E-state index in [1.807, 2.05) is 0 Å². The topological polar surface area (TPSA) is 69.7 Å². The molecule has 0 aliphatic rings. The van der Waals surface area contributed by atoms with E-state index in [1.165, 1.54) is 6.92 Å². The van der Waals surface area contributed by atoms with Gasteiger partial charge in [0.2, 0.25) is 0 Å². The third-order valence-electron chi connectivity index (χ3n) is 1.11. The first kappa shape index (κ1) is 13.7. The molecule has 0 heterocycles. The lowest BCUT2D eigenvalue weighted by Crippen LogP contribution is -2.28. The highest BCUT2D eigenvalue weighted by Gasteiger charge is 2.23. The number of esters is 1. The van der Waals surface area contributed by atoms with E-state index < -0.39 is 27.4 Å². The summed E-state index contributed by atoms with van der Waals surface area (Å²) in [6, 6.07) is 0. The van der Waals surface area contributed by atoms with Gasteiger partial charge in [0.05, 0.1) is 6.10 Å². The Balaban J connectivity index is 4.22. The van der Waals surface area contributed by atoms with Gasteiger partial charge in [0.25, 0.3) is 10.1 Å². The first-order valence-corrected chi connectivity index (χ1v) is 6.07. The van der Waals surface area contributed by atoms with Gasteiger partial charge in [-0.15, -0.1) is 11.6 Å². The summed E-state index contributed by atoms with van der Waals surface area (Å²) in [7, 11) is -3.83. The van der Waals surface area contributed by atoms with Crippen LogP contribution in [-0.2, 0) is 23.8 Å².